The standard InChI is InChI=1S/C16H13N3O2/c1-18-15-9-11(10-17)3-8-14(15)19(16(18)20)12-4-6-13(21-2)7-5-12/h3-9H,1-2H3. The predicted octanol–water partition coefficient (Wildman–Crippen LogP) is 2.21. The van der Waals surface area contributed by atoms with E-state index >= 15 is 0 Å². The average Bonchev–Trinajstić information content (AvgIpc) is 2.78. The van der Waals surface area contributed by atoms with Crippen LogP contribution in [0.5, 0.6) is 5.75 Å². The van der Waals surface area contributed by atoms with Gasteiger partial charge in [0.2, 0.25) is 0 Å². The molecule has 5 nitrogen and oxygen atoms in total. The largest absolute Gasteiger partial charge is 0.497 e. The first kappa shape index (κ1) is 13.0. The van der Waals surface area contributed by atoms with Crippen molar-refractivity contribution in [2.24, 2.45) is 7.05 Å². The lowest BCUT2D eigenvalue weighted by Crippen LogP contribution is -2.20. The minimum absolute atomic E-state index is 0.148. The third kappa shape index (κ3) is 1.98. The number of fused-ring (bicyclic) bond motifs is 1. The molecule has 1 heterocycles. The van der Waals surface area contributed by atoms with Crippen molar-refractivity contribution in [2.45, 2.75) is 0 Å². The maximum Gasteiger partial charge on any atom is 0.333 e. The summed E-state index contributed by atoms with van der Waals surface area (Å²) >= 11 is 0. The monoisotopic (exact) mass is 279 g/mol. The highest BCUT2D eigenvalue weighted by atomic mass is 16.5. The van der Waals surface area contributed by atoms with Crippen LogP contribution in [0.3, 0.4) is 0 Å². The summed E-state index contributed by atoms with van der Waals surface area (Å²) in [4.78, 5) is 12.5. The first-order chi connectivity index (χ1) is 10.2. The van der Waals surface area contributed by atoms with Gasteiger partial charge in [-0.15, -0.1) is 0 Å². The minimum Gasteiger partial charge on any atom is -0.497 e. The van der Waals surface area contributed by atoms with Crippen molar-refractivity contribution < 1.29 is 4.74 Å². The second-order valence-electron chi connectivity index (χ2n) is 4.69. The summed E-state index contributed by atoms with van der Waals surface area (Å²) in [7, 11) is 3.30. The SMILES string of the molecule is COc1ccc(-n2c(=O)n(C)c3cc(C#N)ccc32)cc1. The number of hydrogen-bond acceptors (Lipinski definition) is 3. The van der Waals surface area contributed by atoms with Gasteiger partial charge in [0.15, 0.2) is 0 Å². The van der Waals surface area contributed by atoms with Crippen LogP contribution in [0.4, 0.5) is 0 Å². The molecule has 0 saturated heterocycles. The van der Waals surface area contributed by atoms with E-state index in [4.69, 9.17) is 10.00 Å². The zero-order valence-electron chi connectivity index (χ0n) is 11.7. The van der Waals surface area contributed by atoms with E-state index < -0.39 is 0 Å². The Balaban J connectivity index is 2.29. The van der Waals surface area contributed by atoms with Gasteiger partial charge in [0.25, 0.3) is 0 Å². The summed E-state index contributed by atoms with van der Waals surface area (Å²) in [6, 6.07) is 14.6. The summed E-state index contributed by atoms with van der Waals surface area (Å²) in [6.45, 7) is 0. The highest BCUT2D eigenvalue weighted by Gasteiger charge is 2.12. The molecule has 3 rings (SSSR count). The van der Waals surface area contributed by atoms with Crippen LogP contribution in [0.1, 0.15) is 5.56 Å². The topological polar surface area (TPSA) is 59.9 Å². The average molecular weight is 279 g/mol. The smallest absolute Gasteiger partial charge is 0.333 e. The number of aryl methyl sites for hydroxylation is 1. The lowest BCUT2D eigenvalue weighted by molar-refractivity contribution is 0.414. The summed E-state index contributed by atoms with van der Waals surface area (Å²) in [5.74, 6) is 0.735. The van der Waals surface area contributed by atoms with Gasteiger partial charge in [-0.3, -0.25) is 9.13 Å². The molecule has 0 bridgehead atoms. The minimum atomic E-state index is -0.148. The lowest BCUT2D eigenvalue weighted by Gasteiger charge is -2.05. The third-order valence-electron chi connectivity index (χ3n) is 3.52. The van der Waals surface area contributed by atoms with Gasteiger partial charge in [-0.2, -0.15) is 5.26 Å². The zero-order chi connectivity index (χ0) is 15.0. The van der Waals surface area contributed by atoms with Crippen LogP contribution in [0.2, 0.25) is 0 Å². The number of nitrogens with zero attached hydrogens (tertiary/aromatic N) is 3. The molecule has 0 unspecified atom stereocenters. The maximum atomic E-state index is 12.5. The van der Waals surface area contributed by atoms with Crippen LogP contribution in [0.15, 0.2) is 47.3 Å². The summed E-state index contributed by atoms with van der Waals surface area (Å²) in [6.07, 6.45) is 0. The summed E-state index contributed by atoms with van der Waals surface area (Å²) in [5, 5.41) is 8.98. The van der Waals surface area contributed by atoms with Crippen LogP contribution in [0, 0.1) is 11.3 Å². The molecule has 0 radical (unpaired) electrons. The molecule has 104 valence electrons. The molecule has 0 atom stereocenters. The van der Waals surface area contributed by atoms with Crippen LogP contribution >= 0.6 is 0 Å². The fourth-order valence-corrected chi connectivity index (χ4v) is 2.39. The van der Waals surface area contributed by atoms with Crippen molar-refractivity contribution in [3.63, 3.8) is 0 Å². The quantitative estimate of drug-likeness (QED) is 0.722. The normalized spacial score (nSPS) is 10.5. The molecular formula is C16H13N3O2. The number of ether oxygens (including phenoxy) is 1. The molecule has 5 heteroatoms. The molecular weight excluding hydrogens is 266 g/mol. The molecule has 0 fully saturated rings. The predicted molar refractivity (Wildman–Crippen MR) is 79.8 cm³/mol. The Morgan fingerprint density at radius 1 is 1.10 bits per heavy atom. The molecule has 21 heavy (non-hydrogen) atoms. The van der Waals surface area contributed by atoms with E-state index in [-0.39, 0.29) is 5.69 Å². The number of methoxy groups -OCH3 is 1. The van der Waals surface area contributed by atoms with E-state index in [2.05, 4.69) is 6.07 Å². The van der Waals surface area contributed by atoms with Gasteiger partial charge >= 0.3 is 5.69 Å². The molecule has 0 saturated carbocycles. The molecule has 3 aromatic rings. The Labute approximate surface area is 121 Å². The van der Waals surface area contributed by atoms with E-state index in [1.165, 1.54) is 0 Å². The maximum absolute atomic E-state index is 12.5. The van der Waals surface area contributed by atoms with Crippen molar-refractivity contribution in [1.82, 2.24) is 9.13 Å². The van der Waals surface area contributed by atoms with Crippen molar-refractivity contribution in [1.29, 1.82) is 5.26 Å². The van der Waals surface area contributed by atoms with Crippen molar-refractivity contribution >= 4 is 11.0 Å². The van der Waals surface area contributed by atoms with Gasteiger partial charge in [0, 0.05) is 7.05 Å². The van der Waals surface area contributed by atoms with Crippen LogP contribution in [-0.2, 0) is 7.05 Å². The second kappa shape index (κ2) is 4.84. The molecule has 0 amide bonds. The van der Waals surface area contributed by atoms with E-state index in [9.17, 15) is 4.79 Å². The van der Waals surface area contributed by atoms with Crippen LogP contribution in [-0.4, -0.2) is 16.2 Å². The van der Waals surface area contributed by atoms with Gasteiger partial charge in [0.1, 0.15) is 5.75 Å². The first-order valence-electron chi connectivity index (χ1n) is 6.41. The van der Waals surface area contributed by atoms with Gasteiger partial charge in [-0.25, -0.2) is 4.79 Å². The van der Waals surface area contributed by atoms with Gasteiger partial charge in [-0.1, -0.05) is 0 Å². The van der Waals surface area contributed by atoms with Crippen molar-refractivity contribution in [2.75, 3.05) is 7.11 Å². The fraction of sp³-hybridized carbons (Fsp3) is 0.125. The van der Waals surface area contributed by atoms with Gasteiger partial charge < -0.3 is 4.74 Å². The number of imidazole rings is 1. The number of benzene rings is 2. The Bertz CT molecular complexity index is 912. The molecule has 2 aromatic carbocycles. The lowest BCUT2D eigenvalue weighted by atomic mass is 10.2. The second-order valence-corrected chi connectivity index (χ2v) is 4.69. The molecule has 0 aliphatic heterocycles. The Morgan fingerprint density at radius 3 is 2.43 bits per heavy atom. The van der Waals surface area contributed by atoms with E-state index in [1.54, 1.807) is 41.5 Å². The third-order valence-corrected chi connectivity index (χ3v) is 3.52. The Morgan fingerprint density at radius 2 is 1.81 bits per heavy atom. The van der Waals surface area contributed by atoms with Gasteiger partial charge in [0.05, 0.1) is 35.5 Å². The Hall–Kier alpha value is -3.00. The molecule has 0 spiro atoms. The van der Waals surface area contributed by atoms with Gasteiger partial charge in [-0.05, 0) is 42.5 Å². The van der Waals surface area contributed by atoms with Crippen LogP contribution < -0.4 is 10.4 Å². The van der Waals surface area contributed by atoms with E-state index in [0.717, 1.165) is 22.5 Å². The number of aromatic nitrogens is 2. The van der Waals surface area contributed by atoms with E-state index in [0.29, 0.717) is 5.56 Å². The highest BCUT2D eigenvalue weighted by Crippen LogP contribution is 2.20. The molecule has 0 N–H and O–H groups in total. The number of hydrogen-bond donors (Lipinski definition) is 0. The van der Waals surface area contributed by atoms with Crippen molar-refractivity contribution in [3.05, 3.63) is 58.5 Å². The van der Waals surface area contributed by atoms with Crippen molar-refractivity contribution in [3.8, 4) is 17.5 Å². The molecule has 0 aliphatic carbocycles. The zero-order valence-corrected chi connectivity index (χ0v) is 11.7. The van der Waals surface area contributed by atoms with E-state index in [1.807, 2.05) is 24.3 Å². The fourth-order valence-electron chi connectivity index (χ4n) is 2.39. The van der Waals surface area contributed by atoms with Crippen LogP contribution in [0.25, 0.3) is 16.7 Å². The molecule has 1 aromatic heterocycles. The summed E-state index contributed by atoms with van der Waals surface area (Å²) in [5.41, 5.74) is 2.65. The number of rotatable bonds is 2. The highest BCUT2D eigenvalue weighted by molar-refractivity contribution is 5.79. The molecule has 0 aliphatic rings. The number of nitriles is 1. The first-order valence-corrected chi connectivity index (χ1v) is 6.41. The Kier molecular flexibility index (Phi) is 2.99. The summed E-state index contributed by atoms with van der Waals surface area (Å²) < 4.78 is 8.29.